The predicted molar refractivity (Wildman–Crippen MR) is 65.1 cm³/mol. The number of amides is 1. The number of benzene rings is 1. The Bertz CT molecular complexity index is 369. The number of hydrogen-bond donors (Lipinski definition) is 1. The van der Waals surface area contributed by atoms with E-state index in [0.717, 1.165) is 12.0 Å². The molecular weight excluding hydrogens is 270 g/mol. The highest BCUT2D eigenvalue weighted by Crippen LogP contribution is 2.30. The van der Waals surface area contributed by atoms with Gasteiger partial charge in [-0.1, -0.05) is 46.3 Å². The Balaban J connectivity index is 2.10. The summed E-state index contributed by atoms with van der Waals surface area (Å²) in [5.74, 6) is 0.0351. The second kappa shape index (κ2) is 4.97. The molecule has 1 N–H and O–H groups in total. The summed E-state index contributed by atoms with van der Waals surface area (Å²) in [5, 5.41) is 10.1. The Hall–Kier alpha value is -0.870. The van der Waals surface area contributed by atoms with E-state index in [4.69, 9.17) is 0 Å². The van der Waals surface area contributed by atoms with Crippen LogP contribution in [0, 0.1) is 0 Å². The van der Waals surface area contributed by atoms with Crippen molar-refractivity contribution in [1.82, 2.24) is 4.90 Å². The molecule has 0 spiro atoms. The van der Waals surface area contributed by atoms with E-state index < -0.39 is 6.23 Å². The van der Waals surface area contributed by atoms with Crippen LogP contribution in [0.25, 0.3) is 0 Å². The number of carbonyl (C=O) groups excluding carboxylic acids is 1. The SMILES string of the molecule is O=C1CCCN1C(O)C(Br)c1ccccc1. The van der Waals surface area contributed by atoms with Gasteiger partial charge in [0, 0.05) is 13.0 Å². The van der Waals surface area contributed by atoms with E-state index in [0.29, 0.717) is 13.0 Å². The average Bonchev–Trinajstić information content (AvgIpc) is 2.75. The van der Waals surface area contributed by atoms with E-state index in [2.05, 4.69) is 15.9 Å². The highest BCUT2D eigenvalue weighted by atomic mass is 79.9. The zero-order valence-electron chi connectivity index (χ0n) is 8.84. The number of likely N-dealkylation sites (tertiary alicyclic amines) is 1. The van der Waals surface area contributed by atoms with Crippen molar-refractivity contribution in [1.29, 1.82) is 0 Å². The summed E-state index contributed by atoms with van der Waals surface area (Å²) in [6.45, 7) is 0.648. The summed E-state index contributed by atoms with van der Waals surface area (Å²) in [5.41, 5.74) is 0.981. The summed E-state index contributed by atoms with van der Waals surface area (Å²) in [6, 6.07) is 9.63. The molecule has 0 saturated carbocycles. The third-order valence-corrected chi connectivity index (χ3v) is 3.81. The molecule has 4 heteroatoms. The first-order valence-electron chi connectivity index (χ1n) is 5.36. The van der Waals surface area contributed by atoms with Gasteiger partial charge in [-0.2, -0.15) is 0 Å². The maximum absolute atomic E-state index is 11.5. The van der Waals surface area contributed by atoms with Crippen LogP contribution in [-0.4, -0.2) is 28.7 Å². The molecule has 1 aromatic carbocycles. The van der Waals surface area contributed by atoms with E-state index in [-0.39, 0.29) is 10.7 Å². The summed E-state index contributed by atoms with van der Waals surface area (Å²) in [4.78, 5) is 12.8. The van der Waals surface area contributed by atoms with Gasteiger partial charge in [0.1, 0.15) is 6.23 Å². The van der Waals surface area contributed by atoms with Gasteiger partial charge in [-0.15, -0.1) is 0 Å². The van der Waals surface area contributed by atoms with Crippen molar-refractivity contribution in [3.8, 4) is 0 Å². The quantitative estimate of drug-likeness (QED) is 0.863. The predicted octanol–water partition coefficient (Wildman–Crippen LogP) is 2.06. The van der Waals surface area contributed by atoms with Crippen LogP contribution in [0.15, 0.2) is 30.3 Å². The second-order valence-electron chi connectivity index (χ2n) is 3.92. The van der Waals surface area contributed by atoms with Crippen molar-refractivity contribution in [2.45, 2.75) is 23.9 Å². The maximum atomic E-state index is 11.5. The Kier molecular flexibility index (Phi) is 3.61. The van der Waals surface area contributed by atoms with Crippen LogP contribution in [0.3, 0.4) is 0 Å². The van der Waals surface area contributed by atoms with Gasteiger partial charge in [-0.05, 0) is 12.0 Å². The molecular formula is C12H14BrNO2. The van der Waals surface area contributed by atoms with Crippen LogP contribution in [-0.2, 0) is 4.79 Å². The molecule has 16 heavy (non-hydrogen) atoms. The van der Waals surface area contributed by atoms with Gasteiger partial charge in [0.25, 0.3) is 0 Å². The highest BCUT2D eigenvalue weighted by molar-refractivity contribution is 9.09. The van der Waals surface area contributed by atoms with Crippen molar-refractivity contribution in [2.24, 2.45) is 0 Å². The molecule has 1 aliphatic rings. The Labute approximate surface area is 103 Å². The van der Waals surface area contributed by atoms with Crippen molar-refractivity contribution in [2.75, 3.05) is 6.54 Å². The van der Waals surface area contributed by atoms with E-state index in [1.54, 1.807) is 0 Å². The topological polar surface area (TPSA) is 40.5 Å². The Morgan fingerprint density at radius 2 is 2.00 bits per heavy atom. The van der Waals surface area contributed by atoms with E-state index in [1.807, 2.05) is 30.3 Å². The maximum Gasteiger partial charge on any atom is 0.224 e. The zero-order chi connectivity index (χ0) is 11.5. The van der Waals surface area contributed by atoms with Gasteiger partial charge >= 0.3 is 0 Å². The first-order chi connectivity index (χ1) is 7.70. The lowest BCUT2D eigenvalue weighted by Crippen LogP contribution is -2.38. The summed E-state index contributed by atoms with van der Waals surface area (Å²) >= 11 is 3.44. The first kappa shape index (κ1) is 11.6. The van der Waals surface area contributed by atoms with Crippen LogP contribution in [0.4, 0.5) is 0 Å². The zero-order valence-corrected chi connectivity index (χ0v) is 10.4. The molecule has 2 atom stereocenters. The number of halogens is 1. The normalized spacial score (nSPS) is 19.9. The molecule has 0 radical (unpaired) electrons. The fourth-order valence-corrected chi connectivity index (χ4v) is 2.51. The molecule has 2 unspecified atom stereocenters. The van der Waals surface area contributed by atoms with Gasteiger partial charge in [0.2, 0.25) is 5.91 Å². The van der Waals surface area contributed by atoms with Crippen molar-refractivity contribution >= 4 is 21.8 Å². The smallest absolute Gasteiger partial charge is 0.224 e. The number of aliphatic hydroxyl groups excluding tert-OH is 1. The Morgan fingerprint density at radius 3 is 2.56 bits per heavy atom. The lowest BCUT2D eigenvalue weighted by Gasteiger charge is -2.27. The average molecular weight is 284 g/mol. The lowest BCUT2D eigenvalue weighted by atomic mass is 10.1. The third kappa shape index (κ3) is 2.28. The first-order valence-corrected chi connectivity index (χ1v) is 6.28. The summed E-state index contributed by atoms with van der Waals surface area (Å²) in [6.07, 6.45) is 0.605. The standard InChI is InChI=1S/C12H14BrNO2/c13-11(9-5-2-1-3-6-9)12(16)14-8-4-7-10(14)15/h1-3,5-6,11-12,16H,4,7-8H2. The molecule has 0 aromatic heterocycles. The molecule has 2 rings (SSSR count). The number of hydrogen-bond acceptors (Lipinski definition) is 2. The molecule has 1 saturated heterocycles. The van der Waals surface area contributed by atoms with Crippen LogP contribution in [0.2, 0.25) is 0 Å². The van der Waals surface area contributed by atoms with Crippen LogP contribution in [0.5, 0.6) is 0 Å². The monoisotopic (exact) mass is 283 g/mol. The minimum Gasteiger partial charge on any atom is -0.372 e. The minimum absolute atomic E-state index is 0.0351. The van der Waals surface area contributed by atoms with Gasteiger partial charge < -0.3 is 10.0 Å². The van der Waals surface area contributed by atoms with E-state index in [9.17, 15) is 9.90 Å². The third-order valence-electron chi connectivity index (χ3n) is 2.81. The number of aliphatic hydroxyl groups is 1. The van der Waals surface area contributed by atoms with E-state index in [1.165, 1.54) is 4.90 Å². The molecule has 0 bridgehead atoms. The van der Waals surface area contributed by atoms with Gasteiger partial charge in [-0.3, -0.25) is 4.79 Å². The van der Waals surface area contributed by atoms with Crippen LogP contribution in [0.1, 0.15) is 23.2 Å². The highest BCUT2D eigenvalue weighted by Gasteiger charge is 2.31. The number of alkyl halides is 1. The number of nitrogens with zero attached hydrogens (tertiary/aromatic N) is 1. The molecule has 1 aliphatic heterocycles. The molecule has 0 aliphatic carbocycles. The van der Waals surface area contributed by atoms with Crippen LogP contribution < -0.4 is 0 Å². The van der Waals surface area contributed by atoms with E-state index >= 15 is 0 Å². The van der Waals surface area contributed by atoms with Gasteiger partial charge in [0.15, 0.2) is 0 Å². The summed E-state index contributed by atoms with van der Waals surface area (Å²) in [7, 11) is 0. The minimum atomic E-state index is -0.780. The fourth-order valence-electron chi connectivity index (χ4n) is 1.92. The lowest BCUT2D eigenvalue weighted by molar-refractivity contribution is -0.136. The molecule has 86 valence electrons. The van der Waals surface area contributed by atoms with Crippen molar-refractivity contribution in [3.63, 3.8) is 0 Å². The Morgan fingerprint density at radius 1 is 1.31 bits per heavy atom. The molecule has 1 fully saturated rings. The molecule has 1 aromatic rings. The molecule has 1 amide bonds. The second-order valence-corrected chi connectivity index (χ2v) is 4.90. The summed E-state index contributed by atoms with van der Waals surface area (Å²) < 4.78 is 0. The number of carbonyl (C=O) groups is 1. The van der Waals surface area contributed by atoms with Gasteiger partial charge in [0.05, 0.1) is 4.83 Å². The molecule has 1 heterocycles. The number of rotatable bonds is 3. The van der Waals surface area contributed by atoms with Gasteiger partial charge in [-0.25, -0.2) is 0 Å². The largest absolute Gasteiger partial charge is 0.372 e. The van der Waals surface area contributed by atoms with Crippen LogP contribution >= 0.6 is 15.9 Å². The van der Waals surface area contributed by atoms with Crippen molar-refractivity contribution < 1.29 is 9.90 Å². The molecule has 3 nitrogen and oxygen atoms in total. The fraction of sp³-hybridized carbons (Fsp3) is 0.417. The van der Waals surface area contributed by atoms with Crippen molar-refractivity contribution in [3.05, 3.63) is 35.9 Å².